The molecule has 1 N–H and O–H groups in total. The molecule has 0 saturated heterocycles. The molecular weight excluding hydrogens is 320 g/mol. The lowest BCUT2D eigenvalue weighted by molar-refractivity contribution is -0.384. The molecule has 0 spiro atoms. The van der Waals surface area contributed by atoms with Crippen molar-refractivity contribution in [1.29, 1.82) is 0 Å². The molecule has 0 fully saturated rings. The molecule has 6 heteroatoms. The van der Waals surface area contributed by atoms with Crippen LogP contribution in [0.3, 0.4) is 0 Å². The van der Waals surface area contributed by atoms with Crippen molar-refractivity contribution >= 4 is 17.3 Å². The van der Waals surface area contributed by atoms with Crippen molar-refractivity contribution in [3.05, 3.63) is 63.2 Å². The van der Waals surface area contributed by atoms with Crippen LogP contribution >= 0.6 is 0 Å². The molecule has 6 nitrogen and oxygen atoms in total. The number of carbonyl (C=O) groups is 1. The molecule has 132 valence electrons. The maximum atomic E-state index is 12.3. The maximum absolute atomic E-state index is 12.3. The molecule has 0 aromatic heterocycles. The third-order valence-corrected chi connectivity index (χ3v) is 3.92. The molecule has 25 heavy (non-hydrogen) atoms. The highest BCUT2D eigenvalue weighted by Gasteiger charge is 2.14. The van der Waals surface area contributed by atoms with E-state index in [4.69, 9.17) is 4.74 Å². The molecule has 0 saturated carbocycles. The minimum Gasteiger partial charge on any atom is -0.483 e. The zero-order valence-corrected chi connectivity index (χ0v) is 14.8. The van der Waals surface area contributed by atoms with Crippen LogP contribution in [0.2, 0.25) is 0 Å². The number of anilines is 1. The normalized spacial score (nSPS) is 10.6. The van der Waals surface area contributed by atoms with Gasteiger partial charge in [0.15, 0.2) is 6.61 Å². The number of hydrogen-bond acceptors (Lipinski definition) is 4. The van der Waals surface area contributed by atoms with Crippen LogP contribution in [-0.4, -0.2) is 17.4 Å². The summed E-state index contributed by atoms with van der Waals surface area (Å²) < 4.78 is 5.51. The second-order valence-corrected chi connectivity index (χ2v) is 6.24. The number of nitro groups is 1. The van der Waals surface area contributed by atoms with Gasteiger partial charge in [-0.05, 0) is 42.5 Å². The predicted octanol–water partition coefficient (Wildman–Crippen LogP) is 4.35. The summed E-state index contributed by atoms with van der Waals surface area (Å²) in [4.78, 5) is 22.5. The second-order valence-electron chi connectivity index (χ2n) is 6.24. The van der Waals surface area contributed by atoms with E-state index in [1.54, 1.807) is 6.92 Å². The van der Waals surface area contributed by atoms with Crippen molar-refractivity contribution in [2.75, 3.05) is 11.9 Å². The van der Waals surface area contributed by atoms with E-state index in [-0.39, 0.29) is 24.1 Å². The molecule has 0 unspecified atom stereocenters. The monoisotopic (exact) mass is 342 g/mol. The first-order chi connectivity index (χ1) is 11.8. The Hall–Kier alpha value is -2.89. The van der Waals surface area contributed by atoms with Crippen molar-refractivity contribution in [3.63, 3.8) is 0 Å². The van der Waals surface area contributed by atoms with Crippen LogP contribution in [-0.2, 0) is 4.79 Å². The van der Waals surface area contributed by atoms with Crippen LogP contribution in [0.1, 0.15) is 36.5 Å². The average molecular weight is 342 g/mol. The largest absolute Gasteiger partial charge is 0.483 e. The Morgan fingerprint density at radius 1 is 1.20 bits per heavy atom. The number of nitro benzene ring substituents is 1. The minimum atomic E-state index is -0.463. The summed E-state index contributed by atoms with van der Waals surface area (Å²) in [6.07, 6.45) is 0. The van der Waals surface area contributed by atoms with Gasteiger partial charge in [-0.1, -0.05) is 32.0 Å². The van der Waals surface area contributed by atoms with Gasteiger partial charge in [-0.3, -0.25) is 14.9 Å². The fourth-order valence-corrected chi connectivity index (χ4v) is 2.57. The highest BCUT2D eigenvalue weighted by Crippen LogP contribution is 2.27. The molecule has 1 amide bonds. The molecule has 0 atom stereocenters. The molecule has 2 rings (SSSR count). The van der Waals surface area contributed by atoms with E-state index in [0.717, 1.165) is 16.8 Å². The van der Waals surface area contributed by atoms with Crippen molar-refractivity contribution < 1.29 is 14.5 Å². The third kappa shape index (κ3) is 4.56. The first-order valence-corrected chi connectivity index (χ1v) is 8.06. The first-order valence-electron chi connectivity index (χ1n) is 8.06. The summed E-state index contributed by atoms with van der Waals surface area (Å²) in [5, 5.41) is 13.7. The fraction of sp³-hybridized carbons (Fsp3) is 0.316. The van der Waals surface area contributed by atoms with Crippen molar-refractivity contribution in [1.82, 2.24) is 0 Å². The number of para-hydroxylation sites is 1. The summed E-state index contributed by atoms with van der Waals surface area (Å²) in [6, 6.07) is 10.2. The van der Waals surface area contributed by atoms with Crippen LogP contribution < -0.4 is 10.1 Å². The van der Waals surface area contributed by atoms with E-state index < -0.39 is 4.92 Å². The number of amides is 1. The second kappa shape index (κ2) is 7.79. The average Bonchev–Trinajstić information content (AvgIpc) is 2.55. The number of benzene rings is 2. The Morgan fingerprint density at radius 3 is 2.52 bits per heavy atom. The molecular formula is C19H22N2O4. The highest BCUT2D eigenvalue weighted by molar-refractivity contribution is 5.93. The van der Waals surface area contributed by atoms with Crippen LogP contribution in [0.25, 0.3) is 0 Å². The van der Waals surface area contributed by atoms with E-state index in [2.05, 4.69) is 19.2 Å². The molecule has 0 heterocycles. The smallest absolute Gasteiger partial charge is 0.269 e. The molecule has 0 aliphatic rings. The number of ether oxygens (including phenoxy) is 1. The number of non-ortho nitro benzene ring substituents is 1. The van der Waals surface area contributed by atoms with Crippen molar-refractivity contribution in [2.45, 2.75) is 33.6 Å². The predicted molar refractivity (Wildman–Crippen MR) is 97.2 cm³/mol. The van der Waals surface area contributed by atoms with E-state index >= 15 is 0 Å². The molecule has 2 aromatic carbocycles. The van der Waals surface area contributed by atoms with Crippen molar-refractivity contribution in [2.24, 2.45) is 0 Å². The lowest BCUT2D eigenvalue weighted by atomic mass is 9.98. The molecule has 0 aliphatic heterocycles. The van der Waals surface area contributed by atoms with Crippen LogP contribution in [0, 0.1) is 24.0 Å². The maximum Gasteiger partial charge on any atom is 0.269 e. The number of aryl methyl sites for hydroxylation is 2. The molecule has 0 bridgehead atoms. The number of nitrogens with one attached hydrogen (secondary N) is 1. The zero-order valence-electron chi connectivity index (χ0n) is 14.8. The van der Waals surface area contributed by atoms with E-state index in [0.29, 0.717) is 11.3 Å². The van der Waals surface area contributed by atoms with Gasteiger partial charge in [0.1, 0.15) is 5.75 Å². The van der Waals surface area contributed by atoms with Gasteiger partial charge in [0.05, 0.1) is 4.92 Å². The van der Waals surface area contributed by atoms with Gasteiger partial charge in [0.25, 0.3) is 11.6 Å². The number of carbonyl (C=O) groups excluding carboxylic acids is 1. The quantitative estimate of drug-likeness (QED) is 0.625. The van der Waals surface area contributed by atoms with Crippen LogP contribution in [0.5, 0.6) is 5.75 Å². The first kappa shape index (κ1) is 18.4. The Kier molecular flexibility index (Phi) is 5.75. The van der Waals surface area contributed by atoms with Gasteiger partial charge in [-0.25, -0.2) is 0 Å². The van der Waals surface area contributed by atoms with Gasteiger partial charge in [0.2, 0.25) is 0 Å². The van der Waals surface area contributed by atoms with Crippen LogP contribution in [0.15, 0.2) is 36.4 Å². The van der Waals surface area contributed by atoms with Gasteiger partial charge in [0, 0.05) is 17.8 Å². The number of nitrogens with zero attached hydrogens (tertiary/aromatic N) is 1. The summed E-state index contributed by atoms with van der Waals surface area (Å²) >= 11 is 0. The van der Waals surface area contributed by atoms with E-state index in [9.17, 15) is 14.9 Å². The topological polar surface area (TPSA) is 81.5 Å². The Bertz CT molecular complexity index is 800. The summed E-state index contributed by atoms with van der Waals surface area (Å²) in [5.41, 5.74) is 3.48. The zero-order chi connectivity index (χ0) is 18.6. The van der Waals surface area contributed by atoms with Crippen LogP contribution in [0.4, 0.5) is 11.4 Å². The SMILES string of the molecule is Cc1cc([N+](=O)[O-])ccc1OCC(=O)Nc1c(C)cccc1C(C)C. The standard InChI is InChI=1S/C19H22N2O4/c1-12(2)16-7-5-6-13(3)19(16)20-18(22)11-25-17-9-8-15(21(23)24)10-14(17)4/h5-10,12H,11H2,1-4H3,(H,20,22). The fourth-order valence-electron chi connectivity index (χ4n) is 2.57. The Morgan fingerprint density at radius 2 is 1.92 bits per heavy atom. The number of hydrogen-bond donors (Lipinski definition) is 1. The lowest BCUT2D eigenvalue weighted by Gasteiger charge is -2.17. The Balaban J connectivity index is 2.06. The number of rotatable bonds is 6. The van der Waals surface area contributed by atoms with Crippen molar-refractivity contribution in [3.8, 4) is 5.75 Å². The van der Waals surface area contributed by atoms with Gasteiger partial charge >= 0.3 is 0 Å². The molecule has 0 aliphatic carbocycles. The summed E-state index contributed by atoms with van der Waals surface area (Å²) in [7, 11) is 0. The Labute approximate surface area is 147 Å². The summed E-state index contributed by atoms with van der Waals surface area (Å²) in [5.74, 6) is 0.469. The van der Waals surface area contributed by atoms with E-state index in [1.165, 1.54) is 18.2 Å². The summed E-state index contributed by atoms with van der Waals surface area (Å²) in [6.45, 7) is 7.63. The van der Waals surface area contributed by atoms with Gasteiger partial charge < -0.3 is 10.1 Å². The van der Waals surface area contributed by atoms with Gasteiger partial charge in [-0.15, -0.1) is 0 Å². The van der Waals surface area contributed by atoms with Gasteiger partial charge in [-0.2, -0.15) is 0 Å². The lowest BCUT2D eigenvalue weighted by Crippen LogP contribution is -2.22. The highest BCUT2D eigenvalue weighted by atomic mass is 16.6. The minimum absolute atomic E-state index is 0.00390. The molecule has 0 radical (unpaired) electrons. The third-order valence-electron chi connectivity index (χ3n) is 3.92. The molecule has 2 aromatic rings. The van der Waals surface area contributed by atoms with E-state index in [1.807, 2.05) is 25.1 Å².